The molecule has 0 rings (SSSR count). The van der Waals surface area contributed by atoms with Crippen molar-refractivity contribution in [1.82, 2.24) is 5.32 Å². The number of amides is 1. The first-order valence-corrected chi connectivity index (χ1v) is 4.45. The summed E-state index contributed by atoms with van der Waals surface area (Å²) in [6.07, 6.45) is 0.662. The fourth-order valence-corrected chi connectivity index (χ4v) is 0.699. The van der Waals surface area contributed by atoms with Crippen LogP contribution in [-0.4, -0.2) is 38.4 Å². The van der Waals surface area contributed by atoms with Crippen LogP contribution in [0.5, 0.6) is 0 Å². The molecule has 13 heavy (non-hydrogen) atoms. The highest BCUT2D eigenvalue weighted by molar-refractivity contribution is 5.45. The van der Waals surface area contributed by atoms with Crippen molar-refractivity contribution >= 4 is 6.41 Å². The fraction of sp³-hybridized carbons (Fsp3) is 0.889. The Morgan fingerprint density at radius 1 is 1.23 bits per heavy atom. The van der Waals surface area contributed by atoms with Crippen LogP contribution < -0.4 is 5.32 Å². The van der Waals surface area contributed by atoms with Gasteiger partial charge in [0.2, 0.25) is 6.41 Å². The molecule has 0 fully saturated rings. The van der Waals surface area contributed by atoms with E-state index in [1.165, 1.54) is 0 Å². The van der Waals surface area contributed by atoms with E-state index in [4.69, 9.17) is 9.47 Å². The Hall–Kier alpha value is -0.610. The molecule has 0 aromatic heterocycles. The van der Waals surface area contributed by atoms with Crippen LogP contribution in [0.2, 0.25) is 0 Å². The maximum absolute atomic E-state index is 9.83. The van der Waals surface area contributed by atoms with Crippen molar-refractivity contribution < 1.29 is 14.3 Å². The Bertz CT molecular complexity index is 131. The van der Waals surface area contributed by atoms with Gasteiger partial charge in [0.15, 0.2) is 0 Å². The largest absolute Gasteiger partial charge is 0.377 e. The summed E-state index contributed by atoms with van der Waals surface area (Å²) in [5, 5.41) is 2.51. The van der Waals surface area contributed by atoms with Crippen LogP contribution in [0.3, 0.4) is 0 Å². The zero-order valence-electron chi connectivity index (χ0n) is 8.63. The average Bonchev–Trinajstić information content (AvgIpc) is 2.01. The van der Waals surface area contributed by atoms with Crippen molar-refractivity contribution in [2.75, 3.05) is 26.4 Å². The van der Waals surface area contributed by atoms with Gasteiger partial charge in [-0.15, -0.1) is 0 Å². The van der Waals surface area contributed by atoms with Crippen LogP contribution in [0.1, 0.15) is 20.8 Å². The first-order valence-electron chi connectivity index (χ1n) is 4.45. The Morgan fingerprint density at radius 2 is 1.92 bits per heavy atom. The topological polar surface area (TPSA) is 47.6 Å². The van der Waals surface area contributed by atoms with Gasteiger partial charge in [-0.05, 0) is 20.8 Å². The first-order chi connectivity index (χ1) is 6.06. The van der Waals surface area contributed by atoms with Gasteiger partial charge in [-0.25, -0.2) is 0 Å². The van der Waals surface area contributed by atoms with Gasteiger partial charge in [-0.2, -0.15) is 0 Å². The lowest BCUT2D eigenvalue weighted by Gasteiger charge is -2.19. The van der Waals surface area contributed by atoms with Gasteiger partial charge < -0.3 is 14.8 Å². The number of rotatable bonds is 7. The second-order valence-electron chi connectivity index (χ2n) is 3.65. The van der Waals surface area contributed by atoms with E-state index in [1.807, 2.05) is 20.8 Å². The van der Waals surface area contributed by atoms with Gasteiger partial charge in [-0.1, -0.05) is 0 Å². The molecular weight excluding hydrogens is 170 g/mol. The number of hydrogen-bond donors (Lipinski definition) is 1. The molecule has 0 aliphatic carbocycles. The van der Waals surface area contributed by atoms with Crippen molar-refractivity contribution in [3.63, 3.8) is 0 Å². The molecule has 0 aliphatic heterocycles. The van der Waals surface area contributed by atoms with E-state index < -0.39 is 0 Å². The van der Waals surface area contributed by atoms with Crippen LogP contribution >= 0.6 is 0 Å². The Morgan fingerprint density at radius 3 is 2.46 bits per heavy atom. The standard InChI is InChI=1S/C9H19NO3/c1-9(2,3)13-7-6-12-5-4-10-8-11/h8H,4-7H2,1-3H3,(H,10,11). The summed E-state index contributed by atoms with van der Waals surface area (Å²) in [5.41, 5.74) is -0.107. The molecule has 0 saturated heterocycles. The molecule has 4 heteroatoms. The fourth-order valence-electron chi connectivity index (χ4n) is 0.699. The molecule has 0 bridgehead atoms. The third-order valence-corrected chi connectivity index (χ3v) is 1.24. The van der Waals surface area contributed by atoms with Gasteiger partial charge >= 0.3 is 0 Å². The predicted octanol–water partition coefficient (Wildman–Crippen LogP) is 0.564. The number of carbonyl (C=O) groups excluding carboxylic acids is 1. The first kappa shape index (κ1) is 12.4. The highest BCUT2D eigenvalue weighted by Gasteiger charge is 2.08. The number of carbonyl (C=O) groups is 1. The molecule has 0 saturated carbocycles. The molecule has 0 aliphatic rings. The molecule has 0 aromatic carbocycles. The summed E-state index contributed by atoms with van der Waals surface area (Å²) in [4.78, 5) is 9.83. The van der Waals surface area contributed by atoms with E-state index in [0.717, 1.165) is 0 Å². The Kier molecular flexibility index (Phi) is 6.54. The van der Waals surface area contributed by atoms with Crippen LogP contribution in [0.25, 0.3) is 0 Å². The van der Waals surface area contributed by atoms with Gasteiger partial charge in [0.05, 0.1) is 25.4 Å². The lowest BCUT2D eigenvalue weighted by molar-refractivity contribution is -0.109. The van der Waals surface area contributed by atoms with Crippen molar-refractivity contribution in [2.24, 2.45) is 0 Å². The summed E-state index contributed by atoms with van der Waals surface area (Å²) < 4.78 is 10.6. The average molecular weight is 189 g/mol. The maximum atomic E-state index is 9.83. The summed E-state index contributed by atoms with van der Waals surface area (Å²) >= 11 is 0. The summed E-state index contributed by atoms with van der Waals surface area (Å²) in [5.74, 6) is 0. The molecule has 1 amide bonds. The molecule has 1 N–H and O–H groups in total. The van der Waals surface area contributed by atoms with Crippen molar-refractivity contribution in [2.45, 2.75) is 26.4 Å². The van der Waals surface area contributed by atoms with Crippen LogP contribution in [-0.2, 0) is 14.3 Å². The minimum atomic E-state index is -0.107. The third-order valence-electron chi connectivity index (χ3n) is 1.24. The number of nitrogens with one attached hydrogen (secondary N) is 1. The molecule has 78 valence electrons. The SMILES string of the molecule is CC(C)(C)OCCOCCNC=O. The van der Waals surface area contributed by atoms with E-state index in [9.17, 15) is 4.79 Å². The van der Waals surface area contributed by atoms with Crippen LogP contribution in [0.15, 0.2) is 0 Å². The second kappa shape index (κ2) is 6.86. The zero-order chi connectivity index (χ0) is 10.2. The summed E-state index contributed by atoms with van der Waals surface area (Å²) in [6.45, 7) is 8.25. The molecular formula is C9H19NO3. The van der Waals surface area contributed by atoms with E-state index in [1.54, 1.807) is 0 Å². The van der Waals surface area contributed by atoms with Crippen molar-refractivity contribution in [1.29, 1.82) is 0 Å². The summed E-state index contributed by atoms with van der Waals surface area (Å²) in [7, 11) is 0. The lowest BCUT2D eigenvalue weighted by atomic mass is 10.2. The van der Waals surface area contributed by atoms with Gasteiger partial charge in [-0.3, -0.25) is 4.79 Å². The molecule has 0 heterocycles. The van der Waals surface area contributed by atoms with Gasteiger partial charge in [0.1, 0.15) is 0 Å². The third kappa shape index (κ3) is 11.4. The van der Waals surface area contributed by atoms with Crippen molar-refractivity contribution in [3.05, 3.63) is 0 Å². The van der Waals surface area contributed by atoms with E-state index in [2.05, 4.69) is 5.32 Å². The minimum Gasteiger partial charge on any atom is -0.377 e. The van der Waals surface area contributed by atoms with E-state index in [0.29, 0.717) is 32.8 Å². The quantitative estimate of drug-likeness (QED) is 0.470. The van der Waals surface area contributed by atoms with E-state index >= 15 is 0 Å². The highest BCUT2D eigenvalue weighted by Crippen LogP contribution is 2.05. The predicted molar refractivity (Wildman–Crippen MR) is 50.6 cm³/mol. The summed E-state index contributed by atoms with van der Waals surface area (Å²) in [6, 6.07) is 0. The molecule has 0 spiro atoms. The maximum Gasteiger partial charge on any atom is 0.207 e. The zero-order valence-corrected chi connectivity index (χ0v) is 8.63. The molecule has 0 radical (unpaired) electrons. The smallest absolute Gasteiger partial charge is 0.207 e. The minimum absolute atomic E-state index is 0.107. The molecule has 0 unspecified atom stereocenters. The second-order valence-corrected chi connectivity index (χ2v) is 3.65. The highest BCUT2D eigenvalue weighted by atomic mass is 16.5. The van der Waals surface area contributed by atoms with Gasteiger partial charge in [0.25, 0.3) is 0 Å². The lowest BCUT2D eigenvalue weighted by Crippen LogP contribution is -2.23. The monoisotopic (exact) mass is 189 g/mol. The normalized spacial score (nSPS) is 11.3. The van der Waals surface area contributed by atoms with Crippen LogP contribution in [0.4, 0.5) is 0 Å². The van der Waals surface area contributed by atoms with Gasteiger partial charge in [0, 0.05) is 6.54 Å². The Balaban J connectivity index is 3.04. The molecule has 4 nitrogen and oxygen atoms in total. The van der Waals surface area contributed by atoms with Crippen molar-refractivity contribution in [3.8, 4) is 0 Å². The number of hydrogen-bond acceptors (Lipinski definition) is 3. The van der Waals surface area contributed by atoms with E-state index in [-0.39, 0.29) is 5.60 Å². The van der Waals surface area contributed by atoms with Crippen LogP contribution in [0, 0.1) is 0 Å². The number of ether oxygens (including phenoxy) is 2. The molecule has 0 atom stereocenters. The molecule has 0 aromatic rings. The Labute approximate surface area is 79.6 Å².